The molecule has 2 aromatic rings. The van der Waals surface area contributed by atoms with E-state index in [-0.39, 0.29) is 17.8 Å². The van der Waals surface area contributed by atoms with Crippen molar-refractivity contribution < 1.29 is 9.21 Å². The zero-order valence-electron chi connectivity index (χ0n) is 12.2. The number of carbonyl (C=O) groups excluding carboxylic acids is 1. The Labute approximate surface area is 128 Å². The molecule has 1 atom stereocenters. The van der Waals surface area contributed by atoms with Gasteiger partial charge in [-0.15, -0.1) is 10.2 Å². The number of piperidine rings is 3. The van der Waals surface area contributed by atoms with Gasteiger partial charge in [0, 0.05) is 18.2 Å². The van der Waals surface area contributed by atoms with E-state index in [1.54, 1.807) is 0 Å². The van der Waals surface area contributed by atoms with Crippen LogP contribution in [0.5, 0.6) is 0 Å². The van der Waals surface area contributed by atoms with Gasteiger partial charge in [0.2, 0.25) is 5.89 Å². The fraction of sp³-hybridized carbons (Fsp3) is 0.438. The van der Waals surface area contributed by atoms with E-state index in [9.17, 15) is 4.79 Å². The second kappa shape index (κ2) is 5.53. The molecular weight excluding hydrogens is 280 g/mol. The topological polar surface area (TPSA) is 71.3 Å². The van der Waals surface area contributed by atoms with Gasteiger partial charge in [-0.2, -0.15) is 0 Å². The van der Waals surface area contributed by atoms with E-state index in [1.807, 2.05) is 30.3 Å². The summed E-state index contributed by atoms with van der Waals surface area (Å²) in [5, 5.41) is 10.9. The zero-order valence-corrected chi connectivity index (χ0v) is 12.2. The van der Waals surface area contributed by atoms with Crippen LogP contribution >= 0.6 is 0 Å². The van der Waals surface area contributed by atoms with E-state index in [2.05, 4.69) is 20.4 Å². The minimum atomic E-state index is -0.270. The maximum Gasteiger partial charge on any atom is 0.309 e. The molecule has 3 fully saturated rings. The maximum atomic E-state index is 12.3. The molecule has 2 bridgehead atoms. The Morgan fingerprint density at radius 1 is 1.18 bits per heavy atom. The number of nitrogens with one attached hydrogen (secondary N) is 1. The summed E-state index contributed by atoms with van der Waals surface area (Å²) in [4.78, 5) is 14.7. The predicted molar refractivity (Wildman–Crippen MR) is 80.2 cm³/mol. The van der Waals surface area contributed by atoms with Gasteiger partial charge in [-0.25, -0.2) is 0 Å². The molecular formula is C16H18N4O2. The zero-order chi connectivity index (χ0) is 14.9. The Morgan fingerprint density at radius 2 is 1.95 bits per heavy atom. The Morgan fingerprint density at radius 3 is 2.64 bits per heavy atom. The first-order valence-electron chi connectivity index (χ1n) is 7.72. The molecule has 5 rings (SSSR count). The van der Waals surface area contributed by atoms with Crippen molar-refractivity contribution in [1.82, 2.24) is 20.4 Å². The number of carbonyl (C=O) groups is 1. The summed E-state index contributed by atoms with van der Waals surface area (Å²) in [5.74, 6) is 0.717. The number of aromatic nitrogens is 2. The highest BCUT2D eigenvalue weighted by molar-refractivity contribution is 5.90. The fourth-order valence-electron chi connectivity index (χ4n) is 3.37. The van der Waals surface area contributed by atoms with Crippen LogP contribution in [0.25, 0.3) is 11.5 Å². The molecule has 6 nitrogen and oxygen atoms in total. The van der Waals surface area contributed by atoms with E-state index in [4.69, 9.17) is 4.42 Å². The average molecular weight is 298 g/mol. The number of nitrogens with zero attached hydrogens (tertiary/aromatic N) is 3. The summed E-state index contributed by atoms with van der Waals surface area (Å²) in [6, 6.07) is 9.66. The second-order valence-electron chi connectivity index (χ2n) is 6.00. The molecule has 1 aromatic heterocycles. The maximum absolute atomic E-state index is 12.3. The fourth-order valence-corrected chi connectivity index (χ4v) is 3.37. The molecule has 4 heterocycles. The van der Waals surface area contributed by atoms with Crippen LogP contribution in [-0.2, 0) is 0 Å². The van der Waals surface area contributed by atoms with Gasteiger partial charge >= 0.3 is 11.8 Å². The normalized spacial score (nSPS) is 26.8. The SMILES string of the molecule is O=C(NC1CN2CCC1CC2)c1nnc(-c2ccccc2)o1. The van der Waals surface area contributed by atoms with Crippen molar-refractivity contribution in [3.05, 3.63) is 36.2 Å². The van der Waals surface area contributed by atoms with E-state index < -0.39 is 0 Å². The van der Waals surface area contributed by atoms with Crippen LogP contribution < -0.4 is 5.32 Å². The van der Waals surface area contributed by atoms with Crippen LogP contribution in [-0.4, -0.2) is 46.7 Å². The summed E-state index contributed by atoms with van der Waals surface area (Å²) in [7, 11) is 0. The first-order valence-corrected chi connectivity index (χ1v) is 7.72. The third kappa shape index (κ3) is 2.50. The number of fused-ring (bicyclic) bond motifs is 3. The van der Waals surface area contributed by atoms with Gasteiger partial charge in [0.15, 0.2) is 0 Å². The molecule has 6 heteroatoms. The Bertz CT molecular complexity index is 662. The third-order valence-electron chi connectivity index (χ3n) is 4.61. The van der Waals surface area contributed by atoms with E-state index in [1.165, 1.54) is 0 Å². The average Bonchev–Trinajstić information content (AvgIpc) is 3.07. The van der Waals surface area contributed by atoms with Gasteiger partial charge < -0.3 is 14.6 Å². The second-order valence-corrected chi connectivity index (χ2v) is 6.00. The monoisotopic (exact) mass is 298 g/mol. The predicted octanol–water partition coefficient (Wildman–Crippen LogP) is 1.56. The minimum Gasteiger partial charge on any atom is -0.412 e. The lowest BCUT2D eigenvalue weighted by molar-refractivity contribution is 0.0602. The number of rotatable bonds is 3. The molecule has 0 radical (unpaired) electrons. The summed E-state index contributed by atoms with van der Waals surface area (Å²) < 4.78 is 5.51. The Balaban J connectivity index is 1.46. The van der Waals surface area contributed by atoms with Gasteiger partial charge in [-0.05, 0) is 44.0 Å². The highest BCUT2D eigenvalue weighted by Gasteiger charge is 2.35. The standard InChI is InChI=1S/C16H18N4O2/c21-14(17-13-10-20-8-6-11(13)7-9-20)16-19-18-15(22-16)12-4-2-1-3-5-12/h1-5,11,13H,6-10H2,(H,17,21). The van der Waals surface area contributed by atoms with Crippen molar-refractivity contribution in [3.63, 3.8) is 0 Å². The molecule has 0 aliphatic carbocycles. The Hall–Kier alpha value is -2.21. The van der Waals surface area contributed by atoms with Crippen molar-refractivity contribution in [3.8, 4) is 11.5 Å². The van der Waals surface area contributed by atoms with Crippen LogP contribution in [0.1, 0.15) is 23.5 Å². The molecule has 0 spiro atoms. The number of amides is 1. The first kappa shape index (κ1) is 13.5. The number of benzene rings is 1. The van der Waals surface area contributed by atoms with Crippen molar-refractivity contribution in [2.24, 2.45) is 5.92 Å². The van der Waals surface area contributed by atoms with Crippen molar-refractivity contribution in [2.45, 2.75) is 18.9 Å². The molecule has 3 aliphatic rings. The van der Waals surface area contributed by atoms with Gasteiger partial charge in [-0.1, -0.05) is 18.2 Å². The Kier molecular flexibility index (Phi) is 3.38. The molecule has 0 saturated carbocycles. The summed E-state index contributed by atoms with van der Waals surface area (Å²) in [5.41, 5.74) is 0.817. The minimum absolute atomic E-state index is 0.0373. The van der Waals surface area contributed by atoms with Crippen molar-refractivity contribution in [2.75, 3.05) is 19.6 Å². The van der Waals surface area contributed by atoms with E-state index >= 15 is 0 Å². The van der Waals surface area contributed by atoms with Gasteiger partial charge in [0.1, 0.15) is 0 Å². The van der Waals surface area contributed by atoms with E-state index in [0.29, 0.717) is 11.8 Å². The van der Waals surface area contributed by atoms with Gasteiger partial charge in [0.05, 0.1) is 0 Å². The largest absolute Gasteiger partial charge is 0.412 e. The summed E-state index contributed by atoms with van der Waals surface area (Å²) in [6.07, 6.45) is 2.31. The van der Waals surface area contributed by atoms with Gasteiger partial charge in [0.25, 0.3) is 0 Å². The number of hydrogen-bond donors (Lipinski definition) is 1. The highest BCUT2D eigenvalue weighted by Crippen LogP contribution is 2.27. The molecule has 1 amide bonds. The van der Waals surface area contributed by atoms with Crippen LogP contribution in [0.4, 0.5) is 0 Å². The molecule has 1 N–H and O–H groups in total. The molecule has 22 heavy (non-hydrogen) atoms. The molecule has 3 saturated heterocycles. The van der Waals surface area contributed by atoms with Crippen molar-refractivity contribution in [1.29, 1.82) is 0 Å². The smallest absolute Gasteiger partial charge is 0.309 e. The number of hydrogen-bond acceptors (Lipinski definition) is 5. The highest BCUT2D eigenvalue weighted by atomic mass is 16.4. The summed E-state index contributed by atoms with van der Waals surface area (Å²) in [6.45, 7) is 3.22. The van der Waals surface area contributed by atoms with E-state index in [0.717, 1.165) is 38.0 Å². The van der Waals surface area contributed by atoms with Crippen LogP contribution in [0.2, 0.25) is 0 Å². The quantitative estimate of drug-likeness (QED) is 0.931. The first-order chi connectivity index (χ1) is 10.8. The van der Waals surface area contributed by atoms with Crippen LogP contribution in [0.3, 0.4) is 0 Å². The molecule has 3 aliphatic heterocycles. The van der Waals surface area contributed by atoms with Crippen molar-refractivity contribution >= 4 is 5.91 Å². The van der Waals surface area contributed by atoms with Crippen LogP contribution in [0, 0.1) is 5.92 Å². The lowest BCUT2D eigenvalue weighted by Gasteiger charge is -2.44. The third-order valence-corrected chi connectivity index (χ3v) is 4.61. The van der Waals surface area contributed by atoms with Crippen LogP contribution in [0.15, 0.2) is 34.7 Å². The summed E-state index contributed by atoms with van der Waals surface area (Å²) >= 11 is 0. The molecule has 1 unspecified atom stereocenters. The lowest BCUT2D eigenvalue weighted by Crippen LogP contribution is -2.57. The van der Waals surface area contributed by atoms with Gasteiger partial charge in [-0.3, -0.25) is 4.79 Å². The molecule has 1 aromatic carbocycles. The molecule has 114 valence electrons. The lowest BCUT2D eigenvalue weighted by atomic mass is 9.84.